The normalized spacial score (nSPS) is 12.1. The lowest BCUT2D eigenvalue weighted by molar-refractivity contribution is 0.0713. The summed E-state index contributed by atoms with van der Waals surface area (Å²) < 4.78 is 5.62. The molecular weight excluding hydrogens is 312 g/mol. The molecule has 0 aliphatic carbocycles. The van der Waals surface area contributed by atoms with E-state index < -0.39 is 16.8 Å². The predicted octanol–water partition coefficient (Wildman–Crippen LogP) is 2.77. The molecule has 6 heteroatoms. The van der Waals surface area contributed by atoms with Crippen LogP contribution >= 0.6 is 0 Å². The lowest BCUT2D eigenvalue weighted by Crippen LogP contribution is -2.19. The van der Waals surface area contributed by atoms with E-state index in [0.717, 1.165) is 6.07 Å². The van der Waals surface area contributed by atoms with Crippen LogP contribution in [0.4, 0.5) is 0 Å². The second-order valence-corrected chi connectivity index (χ2v) is 6.52. The van der Waals surface area contributed by atoms with E-state index in [1.807, 2.05) is 0 Å². The predicted molar refractivity (Wildman–Crippen MR) is 89.6 cm³/mol. The van der Waals surface area contributed by atoms with Gasteiger partial charge in [0.15, 0.2) is 0 Å². The maximum Gasteiger partial charge on any atom is 0.204 e. The summed E-state index contributed by atoms with van der Waals surface area (Å²) in [6.07, 6.45) is 0.598. The van der Waals surface area contributed by atoms with Gasteiger partial charge in [0, 0.05) is 17.7 Å². The number of fused-ring (bicyclic) bond motifs is 2. The molecule has 0 aliphatic rings. The van der Waals surface area contributed by atoms with Crippen molar-refractivity contribution in [3.63, 3.8) is 0 Å². The van der Waals surface area contributed by atoms with Crippen LogP contribution in [0.1, 0.15) is 25.8 Å². The molecule has 1 heterocycles. The Morgan fingerprint density at radius 1 is 1.00 bits per heavy atom. The zero-order valence-electron chi connectivity index (χ0n) is 13.3. The highest BCUT2D eigenvalue weighted by atomic mass is 16.3. The van der Waals surface area contributed by atoms with Gasteiger partial charge in [0.05, 0.1) is 11.0 Å². The Kier molecular flexibility index (Phi) is 3.64. The van der Waals surface area contributed by atoms with Crippen LogP contribution in [0.15, 0.2) is 33.5 Å². The molecule has 6 nitrogen and oxygen atoms in total. The molecule has 0 fully saturated rings. The van der Waals surface area contributed by atoms with Gasteiger partial charge in [-0.05, 0) is 38.8 Å². The fourth-order valence-electron chi connectivity index (χ4n) is 2.77. The molecule has 3 rings (SSSR count). The summed E-state index contributed by atoms with van der Waals surface area (Å²) in [7, 11) is 0. The lowest BCUT2D eigenvalue weighted by Gasteiger charge is -2.18. The zero-order valence-corrected chi connectivity index (χ0v) is 13.3. The fraction of sp³-hybridized carbons (Fsp3) is 0.278. The number of aryl methyl sites for hydroxylation is 1. The molecule has 3 aromatic rings. The summed E-state index contributed by atoms with van der Waals surface area (Å²) >= 11 is 0. The van der Waals surface area contributed by atoms with Crippen molar-refractivity contribution in [3.8, 4) is 17.2 Å². The lowest BCUT2D eigenvalue weighted by atomic mass is 9.95. The number of benzene rings is 2. The van der Waals surface area contributed by atoms with Gasteiger partial charge in [0.1, 0.15) is 33.8 Å². The molecule has 0 bridgehead atoms. The van der Waals surface area contributed by atoms with Crippen LogP contribution in [0.5, 0.6) is 17.2 Å². The Morgan fingerprint density at radius 3 is 2.38 bits per heavy atom. The number of hydrogen-bond acceptors (Lipinski definition) is 6. The van der Waals surface area contributed by atoms with Gasteiger partial charge in [0.25, 0.3) is 0 Å². The van der Waals surface area contributed by atoms with Gasteiger partial charge >= 0.3 is 0 Å². The van der Waals surface area contributed by atoms with Crippen molar-refractivity contribution in [2.75, 3.05) is 0 Å². The van der Waals surface area contributed by atoms with Crippen molar-refractivity contribution in [3.05, 3.63) is 40.1 Å². The van der Waals surface area contributed by atoms with Gasteiger partial charge in [-0.1, -0.05) is 0 Å². The van der Waals surface area contributed by atoms with Gasteiger partial charge in [-0.25, -0.2) is 0 Å². The smallest absolute Gasteiger partial charge is 0.204 e. The molecule has 0 unspecified atom stereocenters. The van der Waals surface area contributed by atoms with Crippen molar-refractivity contribution in [2.45, 2.75) is 32.3 Å². The van der Waals surface area contributed by atoms with Gasteiger partial charge in [-0.3, -0.25) is 4.79 Å². The monoisotopic (exact) mass is 330 g/mol. The summed E-state index contributed by atoms with van der Waals surface area (Å²) in [6, 6.07) is 5.18. The molecule has 0 aliphatic heterocycles. The van der Waals surface area contributed by atoms with Crippen molar-refractivity contribution in [2.24, 2.45) is 0 Å². The van der Waals surface area contributed by atoms with Crippen LogP contribution in [0, 0.1) is 0 Å². The standard InChI is InChI=1S/C18H18O6/c1-18(2,23)6-5-10-11(20)3-4-13-15(10)17(22)16-12(21)7-9(19)8-14(16)24-13/h3-4,7-8,19-21,23H,5-6H2,1-2H3. The van der Waals surface area contributed by atoms with E-state index in [1.54, 1.807) is 13.8 Å². The van der Waals surface area contributed by atoms with Crippen LogP contribution < -0.4 is 5.43 Å². The summed E-state index contributed by atoms with van der Waals surface area (Å²) in [6.45, 7) is 3.28. The zero-order chi connectivity index (χ0) is 17.6. The molecule has 0 atom stereocenters. The van der Waals surface area contributed by atoms with Gasteiger partial charge in [-0.2, -0.15) is 0 Å². The maximum absolute atomic E-state index is 12.8. The molecule has 4 N–H and O–H groups in total. The molecule has 0 saturated heterocycles. The number of phenolic OH excluding ortho intramolecular Hbond substituents is 3. The van der Waals surface area contributed by atoms with E-state index in [1.165, 1.54) is 18.2 Å². The molecule has 2 aromatic carbocycles. The third kappa shape index (κ3) is 2.76. The number of hydrogen-bond donors (Lipinski definition) is 4. The summed E-state index contributed by atoms with van der Waals surface area (Å²) in [5, 5.41) is 39.7. The molecule has 0 saturated carbocycles. The first-order chi connectivity index (χ1) is 11.2. The van der Waals surface area contributed by atoms with E-state index in [0.29, 0.717) is 12.0 Å². The first-order valence-corrected chi connectivity index (χ1v) is 7.53. The van der Waals surface area contributed by atoms with E-state index in [9.17, 15) is 25.2 Å². The summed E-state index contributed by atoms with van der Waals surface area (Å²) in [5.41, 5.74) is -0.798. The minimum atomic E-state index is -0.959. The molecule has 0 spiro atoms. The van der Waals surface area contributed by atoms with E-state index in [-0.39, 0.29) is 39.9 Å². The van der Waals surface area contributed by atoms with E-state index in [4.69, 9.17) is 4.42 Å². The highest BCUT2D eigenvalue weighted by molar-refractivity contribution is 5.95. The molecular formula is C18H18O6. The molecule has 0 radical (unpaired) electrons. The van der Waals surface area contributed by atoms with Crippen LogP contribution in [-0.2, 0) is 6.42 Å². The maximum atomic E-state index is 12.8. The quantitative estimate of drug-likeness (QED) is 0.550. The average Bonchev–Trinajstić information content (AvgIpc) is 2.45. The van der Waals surface area contributed by atoms with Crippen LogP contribution in [0.25, 0.3) is 21.9 Å². The Morgan fingerprint density at radius 2 is 1.71 bits per heavy atom. The number of aliphatic hydroxyl groups is 1. The van der Waals surface area contributed by atoms with Gasteiger partial charge in [-0.15, -0.1) is 0 Å². The molecule has 24 heavy (non-hydrogen) atoms. The minimum Gasteiger partial charge on any atom is -0.508 e. The van der Waals surface area contributed by atoms with Crippen molar-refractivity contribution < 1.29 is 24.8 Å². The first-order valence-electron chi connectivity index (χ1n) is 7.53. The average molecular weight is 330 g/mol. The Hall–Kier alpha value is -2.73. The van der Waals surface area contributed by atoms with E-state index >= 15 is 0 Å². The van der Waals surface area contributed by atoms with Crippen molar-refractivity contribution in [1.82, 2.24) is 0 Å². The van der Waals surface area contributed by atoms with Crippen LogP contribution in [0.2, 0.25) is 0 Å². The summed E-state index contributed by atoms with van der Waals surface area (Å²) in [4.78, 5) is 12.8. The first kappa shape index (κ1) is 16.1. The number of aromatic hydroxyl groups is 3. The van der Waals surface area contributed by atoms with Gasteiger partial charge < -0.3 is 24.8 Å². The van der Waals surface area contributed by atoms with Crippen molar-refractivity contribution in [1.29, 1.82) is 0 Å². The van der Waals surface area contributed by atoms with Crippen LogP contribution in [-0.4, -0.2) is 26.0 Å². The Labute approximate surface area is 137 Å². The van der Waals surface area contributed by atoms with Crippen molar-refractivity contribution >= 4 is 21.9 Å². The minimum absolute atomic E-state index is 0.0594. The summed E-state index contributed by atoms with van der Waals surface area (Å²) in [5.74, 6) is -0.683. The second kappa shape index (κ2) is 5.42. The highest BCUT2D eigenvalue weighted by Gasteiger charge is 2.20. The van der Waals surface area contributed by atoms with E-state index in [2.05, 4.69) is 0 Å². The topological polar surface area (TPSA) is 111 Å². The third-order valence-electron chi connectivity index (χ3n) is 3.98. The second-order valence-electron chi connectivity index (χ2n) is 6.52. The SMILES string of the molecule is CC(C)(O)CCc1c(O)ccc2oc3cc(O)cc(O)c3c(=O)c12. The molecule has 0 amide bonds. The van der Waals surface area contributed by atoms with Gasteiger partial charge in [0.2, 0.25) is 5.43 Å². The number of rotatable bonds is 3. The molecule has 1 aromatic heterocycles. The Balaban J connectivity index is 2.35. The Bertz CT molecular complexity index is 994. The van der Waals surface area contributed by atoms with Crippen LogP contribution in [0.3, 0.4) is 0 Å². The number of phenols is 3. The molecule has 126 valence electrons. The highest BCUT2D eigenvalue weighted by Crippen LogP contribution is 2.33. The third-order valence-corrected chi connectivity index (χ3v) is 3.98. The largest absolute Gasteiger partial charge is 0.508 e. The fourth-order valence-corrected chi connectivity index (χ4v) is 2.77.